The second kappa shape index (κ2) is 6.53. The summed E-state index contributed by atoms with van der Waals surface area (Å²) in [6.07, 6.45) is 0.888. The fraction of sp³-hybridized carbons (Fsp3) is 0.294. The molecule has 1 atom stereocenters. The Morgan fingerprint density at radius 1 is 1.00 bits per heavy atom. The van der Waals surface area contributed by atoms with E-state index in [1.54, 1.807) is 0 Å². The SMILES string of the molecule is Cc1ccc(CC(NN)c2ccc(Br)c(C)c2)cc1C. The molecule has 2 aromatic carbocycles. The van der Waals surface area contributed by atoms with Crippen LogP contribution < -0.4 is 11.3 Å². The van der Waals surface area contributed by atoms with Gasteiger partial charge in [-0.25, -0.2) is 0 Å². The maximum absolute atomic E-state index is 5.75. The van der Waals surface area contributed by atoms with Crippen molar-refractivity contribution in [3.05, 3.63) is 68.7 Å². The summed E-state index contributed by atoms with van der Waals surface area (Å²) < 4.78 is 1.13. The van der Waals surface area contributed by atoms with Crippen LogP contribution in [0.2, 0.25) is 0 Å². The van der Waals surface area contributed by atoms with E-state index < -0.39 is 0 Å². The molecule has 0 saturated heterocycles. The first-order chi connectivity index (χ1) is 9.51. The number of hydrogen-bond donors (Lipinski definition) is 2. The monoisotopic (exact) mass is 332 g/mol. The zero-order valence-corrected chi connectivity index (χ0v) is 13.8. The molecule has 0 heterocycles. The van der Waals surface area contributed by atoms with E-state index in [0.717, 1.165) is 10.9 Å². The summed E-state index contributed by atoms with van der Waals surface area (Å²) in [5, 5.41) is 0. The lowest BCUT2D eigenvalue weighted by Crippen LogP contribution is -2.29. The minimum Gasteiger partial charge on any atom is -0.271 e. The molecule has 106 valence electrons. The highest BCUT2D eigenvalue weighted by Gasteiger charge is 2.12. The van der Waals surface area contributed by atoms with Crippen LogP contribution in [0.3, 0.4) is 0 Å². The van der Waals surface area contributed by atoms with Crippen LogP contribution in [0, 0.1) is 20.8 Å². The third-order valence-corrected chi connectivity index (χ3v) is 4.69. The smallest absolute Gasteiger partial charge is 0.0500 e. The van der Waals surface area contributed by atoms with Crippen LogP contribution in [0.4, 0.5) is 0 Å². The van der Waals surface area contributed by atoms with Crippen LogP contribution in [0.1, 0.15) is 33.9 Å². The van der Waals surface area contributed by atoms with Crippen LogP contribution in [-0.4, -0.2) is 0 Å². The number of hydrazine groups is 1. The molecule has 0 saturated carbocycles. The molecule has 0 aliphatic heterocycles. The van der Waals surface area contributed by atoms with E-state index in [9.17, 15) is 0 Å². The number of nitrogens with two attached hydrogens (primary N) is 1. The lowest BCUT2D eigenvalue weighted by molar-refractivity contribution is 0.551. The largest absolute Gasteiger partial charge is 0.271 e. The predicted molar refractivity (Wildman–Crippen MR) is 88.6 cm³/mol. The van der Waals surface area contributed by atoms with Crippen molar-refractivity contribution < 1.29 is 0 Å². The third-order valence-electron chi connectivity index (χ3n) is 3.80. The average molecular weight is 333 g/mol. The molecule has 2 aromatic rings. The van der Waals surface area contributed by atoms with Gasteiger partial charge < -0.3 is 0 Å². The van der Waals surface area contributed by atoms with Crippen molar-refractivity contribution >= 4 is 15.9 Å². The van der Waals surface area contributed by atoms with Crippen LogP contribution in [0.25, 0.3) is 0 Å². The molecular weight excluding hydrogens is 312 g/mol. The number of nitrogens with one attached hydrogen (secondary N) is 1. The first-order valence-electron chi connectivity index (χ1n) is 6.79. The number of aryl methyl sites for hydroxylation is 3. The summed E-state index contributed by atoms with van der Waals surface area (Å²) in [5.74, 6) is 5.75. The molecular formula is C17H21BrN2. The van der Waals surface area contributed by atoms with Gasteiger partial charge in [0.2, 0.25) is 0 Å². The van der Waals surface area contributed by atoms with Crippen molar-refractivity contribution in [1.29, 1.82) is 0 Å². The van der Waals surface area contributed by atoms with Gasteiger partial charge in [0.25, 0.3) is 0 Å². The molecule has 3 heteroatoms. The van der Waals surface area contributed by atoms with E-state index in [4.69, 9.17) is 5.84 Å². The van der Waals surface area contributed by atoms with Crippen molar-refractivity contribution in [1.82, 2.24) is 5.43 Å². The number of halogens is 1. The summed E-state index contributed by atoms with van der Waals surface area (Å²) in [6.45, 7) is 6.38. The highest BCUT2D eigenvalue weighted by Crippen LogP contribution is 2.24. The summed E-state index contributed by atoms with van der Waals surface area (Å²) in [4.78, 5) is 0. The van der Waals surface area contributed by atoms with E-state index in [-0.39, 0.29) is 6.04 Å². The average Bonchev–Trinajstić information content (AvgIpc) is 2.43. The molecule has 0 aliphatic rings. The van der Waals surface area contributed by atoms with Gasteiger partial charge in [-0.15, -0.1) is 0 Å². The standard InChI is InChI=1S/C17H21BrN2/c1-11-4-5-14(8-12(11)2)10-17(20-19)15-6-7-16(18)13(3)9-15/h4-9,17,20H,10,19H2,1-3H3. The van der Waals surface area contributed by atoms with Crippen LogP contribution in [0.5, 0.6) is 0 Å². The molecule has 0 aliphatic carbocycles. The molecule has 0 aromatic heterocycles. The molecule has 20 heavy (non-hydrogen) atoms. The topological polar surface area (TPSA) is 38.0 Å². The van der Waals surface area contributed by atoms with Crippen LogP contribution in [0.15, 0.2) is 40.9 Å². The number of benzene rings is 2. The fourth-order valence-corrected chi connectivity index (χ4v) is 2.57. The Morgan fingerprint density at radius 3 is 2.35 bits per heavy atom. The summed E-state index contributed by atoms with van der Waals surface area (Å²) in [7, 11) is 0. The quantitative estimate of drug-likeness (QED) is 0.652. The maximum atomic E-state index is 5.75. The van der Waals surface area contributed by atoms with E-state index in [1.807, 2.05) is 0 Å². The Kier molecular flexibility index (Phi) is 4.97. The molecule has 2 rings (SSSR count). The fourth-order valence-electron chi connectivity index (χ4n) is 2.32. The first-order valence-corrected chi connectivity index (χ1v) is 7.59. The van der Waals surface area contributed by atoms with Gasteiger partial charge in [0.15, 0.2) is 0 Å². The maximum Gasteiger partial charge on any atom is 0.0500 e. The molecule has 0 spiro atoms. The third kappa shape index (κ3) is 3.48. The zero-order valence-electron chi connectivity index (χ0n) is 12.2. The van der Waals surface area contributed by atoms with Crippen molar-refractivity contribution in [2.45, 2.75) is 33.2 Å². The summed E-state index contributed by atoms with van der Waals surface area (Å²) >= 11 is 3.53. The predicted octanol–water partition coefficient (Wildman–Crippen LogP) is 4.12. The first kappa shape index (κ1) is 15.2. The Morgan fingerprint density at radius 2 is 1.75 bits per heavy atom. The van der Waals surface area contributed by atoms with E-state index in [2.05, 4.69) is 78.5 Å². The van der Waals surface area contributed by atoms with Gasteiger partial charge in [-0.2, -0.15) is 0 Å². The normalized spacial score (nSPS) is 12.4. The van der Waals surface area contributed by atoms with Crippen molar-refractivity contribution in [3.8, 4) is 0 Å². The molecule has 0 radical (unpaired) electrons. The highest BCUT2D eigenvalue weighted by atomic mass is 79.9. The molecule has 1 unspecified atom stereocenters. The molecule has 0 fully saturated rings. The van der Waals surface area contributed by atoms with Gasteiger partial charge in [-0.05, 0) is 61.1 Å². The summed E-state index contributed by atoms with van der Waals surface area (Å²) in [5.41, 5.74) is 9.32. The Balaban J connectivity index is 2.23. The second-order valence-electron chi connectivity index (χ2n) is 5.35. The van der Waals surface area contributed by atoms with Crippen molar-refractivity contribution in [2.24, 2.45) is 5.84 Å². The molecule has 0 bridgehead atoms. The van der Waals surface area contributed by atoms with Gasteiger partial charge in [-0.3, -0.25) is 11.3 Å². The minimum atomic E-state index is 0.129. The van der Waals surface area contributed by atoms with Crippen molar-refractivity contribution in [2.75, 3.05) is 0 Å². The van der Waals surface area contributed by atoms with Gasteiger partial charge in [0.1, 0.15) is 0 Å². The Labute approximate surface area is 129 Å². The van der Waals surface area contributed by atoms with Crippen LogP contribution >= 0.6 is 15.9 Å². The van der Waals surface area contributed by atoms with E-state index in [1.165, 1.54) is 27.8 Å². The minimum absolute atomic E-state index is 0.129. The summed E-state index contributed by atoms with van der Waals surface area (Å²) in [6, 6.07) is 13.1. The van der Waals surface area contributed by atoms with Gasteiger partial charge in [0.05, 0.1) is 0 Å². The highest BCUT2D eigenvalue weighted by molar-refractivity contribution is 9.10. The number of rotatable bonds is 4. The van der Waals surface area contributed by atoms with Gasteiger partial charge in [0, 0.05) is 10.5 Å². The lowest BCUT2D eigenvalue weighted by Gasteiger charge is -2.18. The van der Waals surface area contributed by atoms with Gasteiger partial charge in [-0.1, -0.05) is 46.3 Å². The molecule has 0 amide bonds. The zero-order chi connectivity index (χ0) is 14.7. The van der Waals surface area contributed by atoms with Crippen LogP contribution in [-0.2, 0) is 6.42 Å². The van der Waals surface area contributed by atoms with E-state index >= 15 is 0 Å². The molecule has 3 N–H and O–H groups in total. The Hall–Kier alpha value is -1.16. The van der Waals surface area contributed by atoms with E-state index in [0.29, 0.717) is 0 Å². The van der Waals surface area contributed by atoms with Gasteiger partial charge >= 0.3 is 0 Å². The lowest BCUT2D eigenvalue weighted by atomic mass is 9.96. The molecule has 2 nitrogen and oxygen atoms in total. The number of hydrogen-bond acceptors (Lipinski definition) is 2. The van der Waals surface area contributed by atoms with Crippen molar-refractivity contribution in [3.63, 3.8) is 0 Å². The Bertz CT molecular complexity index is 608. The second-order valence-corrected chi connectivity index (χ2v) is 6.20.